The molecule has 0 aliphatic carbocycles. The van der Waals surface area contributed by atoms with E-state index in [2.05, 4.69) is 12.3 Å². The fourth-order valence-electron chi connectivity index (χ4n) is 1.08. The Hall–Kier alpha value is -1.76. The van der Waals surface area contributed by atoms with E-state index >= 15 is 0 Å². The third-order valence-electron chi connectivity index (χ3n) is 1.89. The summed E-state index contributed by atoms with van der Waals surface area (Å²) in [4.78, 5) is 10.8. The van der Waals surface area contributed by atoms with Crippen molar-refractivity contribution >= 4 is 23.6 Å². The number of halogens is 1. The summed E-state index contributed by atoms with van der Waals surface area (Å²) in [5.74, 6) is -0.981. The average molecular weight is 235 g/mol. The van der Waals surface area contributed by atoms with Gasteiger partial charge in [-0.1, -0.05) is 29.8 Å². The molecule has 0 amide bonds. The number of carboxylic acids is 1. The van der Waals surface area contributed by atoms with Crippen molar-refractivity contribution in [3.05, 3.63) is 58.8 Å². The Kier molecular flexibility index (Phi) is 4.59. The van der Waals surface area contributed by atoms with Crippen LogP contribution in [0.2, 0.25) is 5.02 Å². The molecule has 16 heavy (non-hydrogen) atoms. The highest BCUT2D eigenvalue weighted by atomic mass is 35.5. The van der Waals surface area contributed by atoms with Gasteiger partial charge in [0.05, 0.1) is 5.57 Å². The first kappa shape index (κ1) is 12.3. The molecule has 1 N–H and O–H groups in total. The number of rotatable bonds is 4. The summed E-state index contributed by atoms with van der Waals surface area (Å²) in [7, 11) is 0. The van der Waals surface area contributed by atoms with E-state index in [4.69, 9.17) is 16.7 Å². The molecule has 0 aliphatic rings. The molecule has 1 rings (SSSR count). The minimum absolute atomic E-state index is 0.185. The van der Waals surface area contributed by atoms with Gasteiger partial charge in [-0.15, -0.1) is 12.3 Å². The highest BCUT2D eigenvalue weighted by molar-refractivity contribution is 6.30. The molecule has 0 unspecified atom stereocenters. The van der Waals surface area contributed by atoms with Crippen molar-refractivity contribution in [3.63, 3.8) is 0 Å². The molecule has 0 aliphatic heterocycles. The maximum absolute atomic E-state index is 10.8. The fourth-order valence-corrected chi connectivity index (χ4v) is 1.21. The Morgan fingerprint density at radius 3 is 2.56 bits per heavy atom. The second-order valence-electron chi connectivity index (χ2n) is 3.12. The third-order valence-corrected chi connectivity index (χ3v) is 2.14. The molecule has 0 bridgehead atoms. The van der Waals surface area contributed by atoms with Crippen LogP contribution in [-0.2, 0) is 4.79 Å². The van der Waals surface area contributed by atoms with Gasteiger partial charge < -0.3 is 5.11 Å². The van der Waals surface area contributed by atoms with Crippen LogP contribution in [0.1, 0.15) is 12.0 Å². The molecule has 2 nitrogen and oxygen atoms in total. The minimum Gasteiger partial charge on any atom is -0.477 e. The Balaban J connectivity index is 2.99. The first-order valence-electron chi connectivity index (χ1n) is 4.69. The molecule has 0 aromatic heterocycles. The number of hydrogen-bond acceptors (Lipinski definition) is 1. The average Bonchev–Trinajstić information content (AvgIpc) is 2.26. The number of carbonyl (C=O) groups is 1. The SMILES string of the molecule is C=CCC(=C=Cc1ccc(Cl)cc1)C(=O)O. The smallest absolute Gasteiger partial charge is 0.339 e. The first-order chi connectivity index (χ1) is 7.63. The lowest BCUT2D eigenvalue weighted by Crippen LogP contribution is -1.97. The molecule has 0 spiro atoms. The van der Waals surface area contributed by atoms with Gasteiger partial charge in [0.1, 0.15) is 0 Å². The van der Waals surface area contributed by atoms with E-state index in [1.165, 1.54) is 6.08 Å². The summed E-state index contributed by atoms with van der Waals surface area (Å²) in [5, 5.41) is 9.48. The first-order valence-corrected chi connectivity index (χ1v) is 5.06. The van der Waals surface area contributed by atoms with Gasteiger partial charge in [-0.3, -0.25) is 0 Å². The van der Waals surface area contributed by atoms with E-state index in [0.717, 1.165) is 5.56 Å². The van der Waals surface area contributed by atoms with Crippen molar-refractivity contribution in [2.45, 2.75) is 6.42 Å². The van der Waals surface area contributed by atoms with E-state index in [-0.39, 0.29) is 5.57 Å². The van der Waals surface area contributed by atoms with E-state index in [1.54, 1.807) is 30.3 Å². The molecule has 1 aromatic carbocycles. The predicted molar refractivity (Wildman–Crippen MR) is 65.4 cm³/mol. The van der Waals surface area contributed by atoms with Gasteiger partial charge in [0, 0.05) is 11.4 Å². The second kappa shape index (κ2) is 5.96. The zero-order chi connectivity index (χ0) is 12.0. The summed E-state index contributed by atoms with van der Waals surface area (Å²) < 4.78 is 0. The summed E-state index contributed by atoms with van der Waals surface area (Å²) in [6.45, 7) is 3.49. The monoisotopic (exact) mass is 234 g/mol. The Morgan fingerprint density at radius 1 is 1.44 bits per heavy atom. The molecule has 0 fully saturated rings. The van der Waals surface area contributed by atoms with Crippen LogP contribution < -0.4 is 0 Å². The maximum Gasteiger partial charge on any atom is 0.339 e. The van der Waals surface area contributed by atoms with Crippen molar-refractivity contribution in [3.8, 4) is 0 Å². The number of allylic oxidation sites excluding steroid dienone is 1. The molecule has 3 heteroatoms. The predicted octanol–water partition coefficient (Wildman–Crippen LogP) is 3.54. The topological polar surface area (TPSA) is 37.3 Å². The van der Waals surface area contributed by atoms with E-state index in [1.807, 2.05) is 0 Å². The lowest BCUT2D eigenvalue weighted by atomic mass is 10.1. The maximum atomic E-state index is 10.8. The van der Waals surface area contributed by atoms with Gasteiger partial charge in [0.15, 0.2) is 0 Å². The van der Waals surface area contributed by atoms with Crippen molar-refractivity contribution < 1.29 is 9.90 Å². The second-order valence-corrected chi connectivity index (χ2v) is 3.55. The molecular formula is C13H11ClO2. The summed E-state index contributed by atoms with van der Waals surface area (Å²) in [6, 6.07) is 7.07. The van der Waals surface area contributed by atoms with Gasteiger partial charge in [-0.05, 0) is 23.8 Å². The van der Waals surface area contributed by atoms with E-state index < -0.39 is 5.97 Å². The van der Waals surface area contributed by atoms with Gasteiger partial charge >= 0.3 is 5.97 Å². The van der Waals surface area contributed by atoms with Gasteiger partial charge in [-0.2, -0.15) is 0 Å². The fraction of sp³-hybridized carbons (Fsp3) is 0.0769. The summed E-state index contributed by atoms with van der Waals surface area (Å²) in [5.41, 5.74) is 3.77. The molecule has 0 heterocycles. The highest BCUT2D eigenvalue weighted by Gasteiger charge is 2.02. The van der Waals surface area contributed by atoms with Crippen LogP contribution in [0.4, 0.5) is 0 Å². The Bertz CT molecular complexity index is 451. The largest absolute Gasteiger partial charge is 0.477 e. The number of benzene rings is 1. The molecule has 1 aromatic rings. The molecule has 0 atom stereocenters. The molecule has 82 valence electrons. The van der Waals surface area contributed by atoms with Crippen molar-refractivity contribution in [2.75, 3.05) is 0 Å². The lowest BCUT2D eigenvalue weighted by Gasteiger charge is -1.93. The highest BCUT2D eigenvalue weighted by Crippen LogP contribution is 2.11. The van der Waals surface area contributed by atoms with Gasteiger partial charge in [-0.25, -0.2) is 4.79 Å². The van der Waals surface area contributed by atoms with Crippen LogP contribution in [0.15, 0.2) is 48.2 Å². The Labute approximate surface area is 99.2 Å². The van der Waals surface area contributed by atoms with Crippen molar-refractivity contribution in [1.82, 2.24) is 0 Å². The molecule has 0 saturated carbocycles. The number of carboxylic acid groups (broad SMARTS) is 1. The zero-order valence-corrected chi connectivity index (χ0v) is 9.37. The normalized spacial score (nSPS) is 9.06. The number of hydrogen-bond donors (Lipinski definition) is 1. The van der Waals surface area contributed by atoms with Crippen molar-refractivity contribution in [1.29, 1.82) is 0 Å². The van der Waals surface area contributed by atoms with Crippen LogP contribution in [0.3, 0.4) is 0 Å². The minimum atomic E-state index is -0.981. The standard InChI is InChI=1S/C13H11ClO2/c1-2-3-11(13(15)16)7-4-10-5-8-12(14)9-6-10/h2,4-6,8-9H,1,3H2,(H,15,16). The van der Waals surface area contributed by atoms with Crippen LogP contribution in [0, 0.1) is 0 Å². The summed E-state index contributed by atoms with van der Waals surface area (Å²) >= 11 is 5.73. The number of aliphatic carboxylic acids is 1. The quantitative estimate of drug-likeness (QED) is 0.492. The van der Waals surface area contributed by atoms with E-state index in [9.17, 15) is 4.79 Å². The van der Waals surface area contributed by atoms with Crippen LogP contribution in [0.5, 0.6) is 0 Å². The molecule has 0 saturated heterocycles. The Morgan fingerprint density at radius 2 is 2.06 bits per heavy atom. The summed E-state index contributed by atoms with van der Waals surface area (Å²) in [6.07, 6.45) is 3.44. The zero-order valence-electron chi connectivity index (χ0n) is 8.61. The van der Waals surface area contributed by atoms with Crippen molar-refractivity contribution in [2.24, 2.45) is 0 Å². The molecule has 0 radical (unpaired) electrons. The van der Waals surface area contributed by atoms with Gasteiger partial charge in [0.25, 0.3) is 0 Å². The van der Waals surface area contributed by atoms with Crippen LogP contribution in [0.25, 0.3) is 6.08 Å². The van der Waals surface area contributed by atoms with Crippen LogP contribution in [-0.4, -0.2) is 11.1 Å². The van der Waals surface area contributed by atoms with E-state index in [0.29, 0.717) is 11.4 Å². The molecular weight excluding hydrogens is 224 g/mol. The lowest BCUT2D eigenvalue weighted by molar-refractivity contribution is -0.132. The third kappa shape index (κ3) is 3.77. The van der Waals surface area contributed by atoms with Gasteiger partial charge in [0.2, 0.25) is 0 Å². The van der Waals surface area contributed by atoms with Crippen LogP contribution >= 0.6 is 11.6 Å².